The van der Waals surface area contributed by atoms with E-state index < -0.39 is 5.82 Å². The van der Waals surface area contributed by atoms with Crippen LogP contribution in [0.1, 0.15) is 18.9 Å². The molecule has 0 saturated heterocycles. The summed E-state index contributed by atoms with van der Waals surface area (Å²) in [5.41, 5.74) is 6.57. The summed E-state index contributed by atoms with van der Waals surface area (Å²) in [4.78, 5) is 0. The zero-order valence-corrected chi connectivity index (χ0v) is 11.8. The number of hydrogen-bond acceptors (Lipinski definition) is 4. The van der Waals surface area contributed by atoms with E-state index in [0.29, 0.717) is 23.7 Å². The Bertz CT molecular complexity index is 616. The fourth-order valence-electron chi connectivity index (χ4n) is 1.81. The van der Waals surface area contributed by atoms with Crippen molar-refractivity contribution in [3.63, 3.8) is 0 Å². The molecular formula is C16H18FNO3. The van der Waals surface area contributed by atoms with Crippen LogP contribution in [0.25, 0.3) is 0 Å². The van der Waals surface area contributed by atoms with E-state index in [4.69, 9.17) is 15.2 Å². The zero-order chi connectivity index (χ0) is 15.2. The fraction of sp³-hybridized carbons (Fsp3) is 0.250. The molecule has 2 aromatic carbocycles. The van der Waals surface area contributed by atoms with Crippen LogP contribution >= 0.6 is 0 Å². The lowest BCUT2D eigenvalue weighted by Crippen LogP contribution is -2.01. The summed E-state index contributed by atoms with van der Waals surface area (Å²) in [6.45, 7) is 2.19. The number of anilines is 1. The first-order valence-electron chi connectivity index (χ1n) is 6.74. The van der Waals surface area contributed by atoms with Gasteiger partial charge in [-0.1, -0.05) is 25.1 Å². The molecule has 0 heterocycles. The number of halogens is 1. The number of aliphatic hydroxyl groups is 1. The number of ether oxygens (including phenoxy) is 2. The van der Waals surface area contributed by atoms with E-state index in [2.05, 4.69) is 0 Å². The summed E-state index contributed by atoms with van der Waals surface area (Å²) in [5, 5.41) is 9.28. The maximum absolute atomic E-state index is 13.7. The third-order valence-corrected chi connectivity index (χ3v) is 2.89. The van der Waals surface area contributed by atoms with Gasteiger partial charge in [0.1, 0.15) is 5.75 Å². The number of aliphatic hydroxyl groups excluding tert-OH is 1. The molecule has 0 saturated carbocycles. The number of nitrogens with two attached hydrogens (primary N) is 1. The monoisotopic (exact) mass is 291 g/mol. The zero-order valence-electron chi connectivity index (χ0n) is 11.8. The third-order valence-electron chi connectivity index (χ3n) is 2.89. The van der Waals surface area contributed by atoms with E-state index in [1.165, 1.54) is 12.1 Å². The summed E-state index contributed by atoms with van der Waals surface area (Å²) < 4.78 is 24.7. The number of nitrogen functional groups attached to an aromatic ring is 1. The molecule has 5 heteroatoms. The Hall–Kier alpha value is -2.27. The minimum Gasteiger partial charge on any atom is -0.490 e. The average molecular weight is 291 g/mol. The lowest BCUT2D eigenvalue weighted by molar-refractivity contribution is 0.276. The highest BCUT2D eigenvalue weighted by molar-refractivity contribution is 5.58. The molecule has 0 unspecified atom stereocenters. The minimum absolute atomic E-state index is 0.0996. The van der Waals surface area contributed by atoms with Crippen molar-refractivity contribution in [1.29, 1.82) is 0 Å². The predicted octanol–water partition coefficient (Wildman–Crippen LogP) is 3.48. The van der Waals surface area contributed by atoms with E-state index in [9.17, 15) is 9.50 Å². The molecule has 0 amide bonds. The van der Waals surface area contributed by atoms with Gasteiger partial charge >= 0.3 is 0 Å². The molecular weight excluding hydrogens is 273 g/mol. The first kappa shape index (κ1) is 15.1. The Labute approximate surface area is 122 Å². The highest BCUT2D eigenvalue weighted by Gasteiger charge is 2.12. The molecule has 4 nitrogen and oxygen atoms in total. The average Bonchev–Trinajstić information content (AvgIpc) is 2.49. The van der Waals surface area contributed by atoms with Gasteiger partial charge in [0.25, 0.3) is 0 Å². The van der Waals surface area contributed by atoms with Crippen LogP contribution in [0.15, 0.2) is 36.4 Å². The summed E-state index contributed by atoms with van der Waals surface area (Å²) in [6, 6.07) is 9.62. The molecule has 0 aliphatic rings. The van der Waals surface area contributed by atoms with Crippen LogP contribution in [0.2, 0.25) is 0 Å². The summed E-state index contributed by atoms with van der Waals surface area (Å²) in [5.74, 6) is 0.342. The number of hydrogen-bond donors (Lipinski definition) is 2. The first-order valence-corrected chi connectivity index (χ1v) is 6.74. The van der Waals surface area contributed by atoms with Crippen LogP contribution in [0, 0.1) is 5.82 Å². The molecule has 112 valence electrons. The van der Waals surface area contributed by atoms with Crippen molar-refractivity contribution in [2.75, 3.05) is 12.3 Å². The van der Waals surface area contributed by atoms with Crippen molar-refractivity contribution in [2.24, 2.45) is 0 Å². The minimum atomic E-state index is -0.524. The molecule has 0 aliphatic carbocycles. The van der Waals surface area contributed by atoms with Crippen molar-refractivity contribution in [3.8, 4) is 17.2 Å². The van der Waals surface area contributed by atoms with Gasteiger partial charge in [-0.2, -0.15) is 0 Å². The van der Waals surface area contributed by atoms with Gasteiger partial charge in [0.15, 0.2) is 17.3 Å². The highest BCUT2D eigenvalue weighted by Crippen LogP contribution is 2.34. The second-order valence-electron chi connectivity index (χ2n) is 4.54. The van der Waals surface area contributed by atoms with E-state index in [1.807, 2.05) is 6.92 Å². The summed E-state index contributed by atoms with van der Waals surface area (Å²) in [7, 11) is 0. The van der Waals surface area contributed by atoms with Crippen LogP contribution in [0.4, 0.5) is 10.1 Å². The molecule has 0 bridgehead atoms. The van der Waals surface area contributed by atoms with Gasteiger partial charge in [-0.25, -0.2) is 4.39 Å². The van der Waals surface area contributed by atoms with Gasteiger partial charge in [-0.15, -0.1) is 0 Å². The molecule has 21 heavy (non-hydrogen) atoms. The van der Waals surface area contributed by atoms with E-state index in [1.54, 1.807) is 24.3 Å². The first-order chi connectivity index (χ1) is 10.2. The second kappa shape index (κ2) is 6.95. The van der Waals surface area contributed by atoms with Crippen molar-refractivity contribution >= 4 is 5.69 Å². The van der Waals surface area contributed by atoms with Gasteiger partial charge in [0, 0.05) is 17.7 Å². The molecule has 3 N–H and O–H groups in total. The number of rotatable bonds is 6. The third kappa shape index (κ3) is 3.64. The highest BCUT2D eigenvalue weighted by atomic mass is 19.1. The van der Waals surface area contributed by atoms with Crippen LogP contribution < -0.4 is 15.2 Å². The molecule has 0 aliphatic heterocycles. The van der Waals surface area contributed by atoms with Crippen LogP contribution in [-0.4, -0.2) is 11.7 Å². The maximum Gasteiger partial charge on any atom is 0.167 e. The molecule has 0 spiro atoms. The Kier molecular flexibility index (Phi) is 5.00. The number of para-hydroxylation sites is 1. The Morgan fingerprint density at radius 1 is 1.14 bits per heavy atom. The van der Waals surface area contributed by atoms with Gasteiger partial charge in [0.05, 0.1) is 18.9 Å². The Morgan fingerprint density at radius 2 is 1.90 bits per heavy atom. The van der Waals surface area contributed by atoms with Crippen molar-refractivity contribution < 1.29 is 19.0 Å². The Balaban J connectivity index is 2.30. The molecule has 0 fully saturated rings. The normalized spacial score (nSPS) is 10.4. The molecule has 0 aromatic heterocycles. The van der Waals surface area contributed by atoms with E-state index in [-0.39, 0.29) is 18.0 Å². The van der Waals surface area contributed by atoms with Crippen molar-refractivity contribution in [3.05, 3.63) is 47.8 Å². The Morgan fingerprint density at radius 3 is 2.62 bits per heavy atom. The van der Waals surface area contributed by atoms with Gasteiger partial charge in [-0.05, 0) is 12.5 Å². The molecule has 2 rings (SSSR count). The quantitative estimate of drug-likeness (QED) is 0.800. The second-order valence-corrected chi connectivity index (χ2v) is 4.54. The molecule has 2 aromatic rings. The summed E-state index contributed by atoms with van der Waals surface area (Å²) in [6.07, 6.45) is 0.771. The summed E-state index contributed by atoms with van der Waals surface area (Å²) >= 11 is 0. The van der Waals surface area contributed by atoms with E-state index in [0.717, 1.165) is 6.42 Å². The fourth-order valence-corrected chi connectivity index (χ4v) is 1.81. The van der Waals surface area contributed by atoms with Crippen LogP contribution in [0.5, 0.6) is 17.2 Å². The maximum atomic E-state index is 13.7. The largest absolute Gasteiger partial charge is 0.490 e. The standard InChI is InChI=1S/C16H18FNO3/c1-2-7-20-15-9-16(13(18)8-12(15)17)21-14-6-4-3-5-11(14)10-19/h3-6,8-9,19H,2,7,10,18H2,1H3. The lowest BCUT2D eigenvalue weighted by atomic mass is 10.2. The van der Waals surface area contributed by atoms with Crippen LogP contribution in [0.3, 0.4) is 0 Å². The van der Waals surface area contributed by atoms with Gasteiger partial charge in [-0.3, -0.25) is 0 Å². The van der Waals surface area contributed by atoms with Gasteiger partial charge < -0.3 is 20.3 Å². The SMILES string of the molecule is CCCOc1cc(Oc2ccccc2CO)c(N)cc1F. The predicted molar refractivity (Wildman–Crippen MR) is 79.0 cm³/mol. The van der Waals surface area contributed by atoms with Crippen molar-refractivity contribution in [2.45, 2.75) is 20.0 Å². The van der Waals surface area contributed by atoms with Crippen molar-refractivity contribution in [1.82, 2.24) is 0 Å². The molecule has 0 atom stereocenters. The smallest absolute Gasteiger partial charge is 0.167 e. The van der Waals surface area contributed by atoms with E-state index >= 15 is 0 Å². The van der Waals surface area contributed by atoms with Gasteiger partial charge in [0.2, 0.25) is 0 Å². The van der Waals surface area contributed by atoms with Crippen LogP contribution in [-0.2, 0) is 6.61 Å². The lowest BCUT2D eigenvalue weighted by Gasteiger charge is -2.14. The number of benzene rings is 2. The molecule has 0 radical (unpaired) electrons. The topological polar surface area (TPSA) is 64.7 Å².